The first-order chi connectivity index (χ1) is 12.0. The van der Waals surface area contributed by atoms with E-state index in [0.29, 0.717) is 32.1 Å². The van der Waals surface area contributed by atoms with Crippen LogP contribution in [0.3, 0.4) is 0 Å². The summed E-state index contributed by atoms with van der Waals surface area (Å²) in [6.45, 7) is 3.49. The molecule has 0 atom stereocenters. The number of anilines is 3. The summed E-state index contributed by atoms with van der Waals surface area (Å²) < 4.78 is 0. The number of aliphatic hydroxyl groups excluding tert-OH is 1. The summed E-state index contributed by atoms with van der Waals surface area (Å²) in [5, 5.41) is 27.6. The number of hydrogen-bond donors (Lipinski definition) is 4. The van der Waals surface area contributed by atoms with Gasteiger partial charge in [-0.1, -0.05) is 17.4 Å². The van der Waals surface area contributed by atoms with Crippen molar-refractivity contribution in [1.29, 1.82) is 0 Å². The molecular weight excluding hydrogens is 360 g/mol. The predicted molar refractivity (Wildman–Crippen MR) is 99.0 cm³/mol. The molecule has 0 aliphatic rings. The van der Waals surface area contributed by atoms with Gasteiger partial charge in [-0.05, 0) is 25.5 Å². The first kappa shape index (κ1) is 17.3. The van der Waals surface area contributed by atoms with Crippen LogP contribution in [-0.4, -0.2) is 26.1 Å². The topological polar surface area (TPSA) is 107 Å². The van der Waals surface area contributed by atoms with Crippen molar-refractivity contribution in [3.8, 4) is 5.75 Å². The van der Waals surface area contributed by atoms with Gasteiger partial charge >= 0.3 is 0 Å². The number of benzene rings is 1. The molecule has 0 spiro atoms. The molecular formula is C16H16N4O3S2. The summed E-state index contributed by atoms with van der Waals surface area (Å²) in [7, 11) is 0. The minimum absolute atomic E-state index is 0.119. The predicted octanol–water partition coefficient (Wildman–Crippen LogP) is 3.41. The third-order valence-electron chi connectivity index (χ3n) is 3.54. The van der Waals surface area contributed by atoms with Gasteiger partial charge in [0.25, 0.3) is 5.91 Å². The first-order valence-electron chi connectivity index (χ1n) is 7.36. The Balaban J connectivity index is 1.74. The molecule has 3 aromatic rings. The summed E-state index contributed by atoms with van der Waals surface area (Å²) in [6, 6.07) is 3.35. The molecule has 2 aromatic heterocycles. The van der Waals surface area contributed by atoms with Gasteiger partial charge in [-0.15, -0.1) is 11.3 Å². The average Bonchev–Trinajstić information content (AvgIpc) is 3.25. The van der Waals surface area contributed by atoms with Gasteiger partial charge in [-0.25, -0.2) is 9.97 Å². The number of nitrogens with one attached hydrogen (secondary N) is 2. The van der Waals surface area contributed by atoms with E-state index in [9.17, 15) is 9.90 Å². The van der Waals surface area contributed by atoms with Gasteiger partial charge in [0.15, 0.2) is 10.3 Å². The summed E-state index contributed by atoms with van der Waals surface area (Å²) in [5.74, 6) is -0.159. The van der Waals surface area contributed by atoms with Crippen LogP contribution in [0.5, 0.6) is 5.75 Å². The lowest BCUT2D eigenvalue weighted by Crippen LogP contribution is -2.12. The fraction of sp³-hybridized carbons (Fsp3) is 0.188. The van der Waals surface area contributed by atoms with Gasteiger partial charge in [0.1, 0.15) is 10.6 Å². The molecule has 0 unspecified atom stereocenters. The number of aryl methyl sites for hydroxylation is 1. The van der Waals surface area contributed by atoms with Crippen molar-refractivity contribution < 1.29 is 15.0 Å². The lowest BCUT2D eigenvalue weighted by atomic mass is 10.1. The van der Waals surface area contributed by atoms with E-state index in [1.165, 1.54) is 28.9 Å². The Bertz CT molecular complexity index is 920. The molecule has 7 nitrogen and oxygen atoms in total. The number of phenols is 1. The molecule has 0 radical (unpaired) electrons. The minimum Gasteiger partial charge on any atom is -0.508 e. The van der Waals surface area contributed by atoms with E-state index in [1.807, 2.05) is 6.92 Å². The highest BCUT2D eigenvalue weighted by molar-refractivity contribution is 7.18. The standard InChI is InChI=1S/C16H16N4O3S2/c1-8-3-4-11(22)9(2)13(8)19-14(23)12-5-17-15(25-12)20-16-18-10(6-21)7-24-16/h3-5,7,21-22H,6H2,1-2H3,(H,19,23)(H,17,18,20). The van der Waals surface area contributed by atoms with Crippen LogP contribution in [0.2, 0.25) is 0 Å². The number of thiazole rings is 2. The smallest absolute Gasteiger partial charge is 0.267 e. The number of aromatic nitrogens is 2. The summed E-state index contributed by atoms with van der Waals surface area (Å²) in [5.41, 5.74) is 2.67. The van der Waals surface area contributed by atoms with Crippen molar-refractivity contribution in [2.24, 2.45) is 0 Å². The van der Waals surface area contributed by atoms with Crippen molar-refractivity contribution >= 4 is 44.5 Å². The second kappa shape index (κ2) is 7.18. The van der Waals surface area contributed by atoms with Gasteiger partial charge in [-0.2, -0.15) is 0 Å². The number of hydrogen-bond acceptors (Lipinski definition) is 8. The Morgan fingerprint density at radius 3 is 2.80 bits per heavy atom. The third kappa shape index (κ3) is 3.78. The molecule has 0 aliphatic heterocycles. The summed E-state index contributed by atoms with van der Waals surface area (Å²) >= 11 is 2.55. The number of aromatic hydroxyl groups is 1. The molecule has 0 saturated carbocycles. The van der Waals surface area contributed by atoms with Crippen LogP contribution < -0.4 is 10.6 Å². The number of rotatable bonds is 5. The molecule has 130 valence electrons. The van der Waals surface area contributed by atoms with E-state index in [-0.39, 0.29) is 18.3 Å². The van der Waals surface area contributed by atoms with Crippen LogP contribution in [0.1, 0.15) is 26.5 Å². The van der Waals surface area contributed by atoms with Crippen LogP contribution in [0.4, 0.5) is 16.0 Å². The number of amides is 1. The van der Waals surface area contributed by atoms with Crippen LogP contribution in [0.25, 0.3) is 0 Å². The zero-order valence-corrected chi connectivity index (χ0v) is 15.2. The van der Waals surface area contributed by atoms with Crippen LogP contribution in [0.15, 0.2) is 23.7 Å². The summed E-state index contributed by atoms with van der Waals surface area (Å²) in [4.78, 5) is 21.2. The lowest BCUT2D eigenvalue weighted by Gasteiger charge is -2.11. The quantitative estimate of drug-likeness (QED) is 0.544. The van der Waals surface area contributed by atoms with E-state index < -0.39 is 0 Å². The van der Waals surface area contributed by atoms with Gasteiger partial charge in [0.05, 0.1) is 24.2 Å². The van der Waals surface area contributed by atoms with Crippen molar-refractivity contribution in [3.05, 3.63) is 45.4 Å². The third-order valence-corrected chi connectivity index (χ3v) is 5.26. The molecule has 1 amide bonds. The van der Waals surface area contributed by atoms with Gasteiger partial charge in [0, 0.05) is 10.9 Å². The molecule has 25 heavy (non-hydrogen) atoms. The molecule has 0 bridgehead atoms. The Kier molecular flexibility index (Phi) is 4.98. The zero-order chi connectivity index (χ0) is 18.0. The van der Waals surface area contributed by atoms with E-state index >= 15 is 0 Å². The van der Waals surface area contributed by atoms with Crippen molar-refractivity contribution in [3.63, 3.8) is 0 Å². The Labute approximate surface area is 152 Å². The van der Waals surface area contributed by atoms with Crippen molar-refractivity contribution in [1.82, 2.24) is 9.97 Å². The molecule has 0 saturated heterocycles. The fourth-order valence-electron chi connectivity index (χ4n) is 2.17. The maximum Gasteiger partial charge on any atom is 0.267 e. The second-order valence-corrected chi connectivity index (χ2v) is 7.20. The van der Waals surface area contributed by atoms with E-state index in [1.54, 1.807) is 24.4 Å². The van der Waals surface area contributed by atoms with Gasteiger partial charge in [0.2, 0.25) is 0 Å². The number of aliphatic hydroxyl groups is 1. The Morgan fingerprint density at radius 2 is 2.08 bits per heavy atom. The monoisotopic (exact) mass is 376 g/mol. The van der Waals surface area contributed by atoms with Gasteiger partial charge < -0.3 is 20.8 Å². The highest BCUT2D eigenvalue weighted by atomic mass is 32.1. The Morgan fingerprint density at radius 1 is 1.28 bits per heavy atom. The number of carbonyl (C=O) groups is 1. The first-order valence-corrected chi connectivity index (χ1v) is 9.06. The van der Waals surface area contributed by atoms with E-state index in [0.717, 1.165) is 5.56 Å². The highest BCUT2D eigenvalue weighted by Gasteiger charge is 2.15. The van der Waals surface area contributed by atoms with Gasteiger partial charge in [-0.3, -0.25) is 4.79 Å². The SMILES string of the molecule is Cc1ccc(O)c(C)c1NC(=O)c1cnc(Nc2nc(CO)cs2)s1. The Hall–Kier alpha value is -2.49. The zero-order valence-electron chi connectivity index (χ0n) is 13.5. The average molecular weight is 376 g/mol. The number of carbonyl (C=O) groups excluding carboxylic acids is 1. The summed E-state index contributed by atoms with van der Waals surface area (Å²) in [6.07, 6.45) is 1.48. The lowest BCUT2D eigenvalue weighted by molar-refractivity contribution is 0.103. The normalized spacial score (nSPS) is 10.7. The molecule has 0 fully saturated rings. The van der Waals surface area contributed by atoms with Crippen LogP contribution in [-0.2, 0) is 6.61 Å². The molecule has 0 aliphatic carbocycles. The molecule has 1 aromatic carbocycles. The van der Waals surface area contributed by atoms with E-state index in [4.69, 9.17) is 5.11 Å². The molecule has 3 rings (SSSR count). The number of nitrogens with zero attached hydrogens (tertiary/aromatic N) is 2. The van der Waals surface area contributed by atoms with Crippen LogP contribution >= 0.6 is 22.7 Å². The van der Waals surface area contributed by atoms with Crippen molar-refractivity contribution in [2.75, 3.05) is 10.6 Å². The minimum atomic E-state index is -0.294. The van der Waals surface area contributed by atoms with Crippen LogP contribution in [0, 0.1) is 13.8 Å². The highest BCUT2D eigenvalue weighted by Crippen LogP contribution is 2.30. The van der Waals surface area contributed by atoms with Crippen molar-refractivity contribution in [2.45, 2.75) is 20.5 Å². The van der Waals surface area contributed by atoms with E-state index in [2.05, 4.69) is 20.6 Å². The largest absolute Gasteiger partial charge is 0.508 e. The maximum absolute atomic E-state index is 12.4. The molecule has 9 heteroatoms. The maximum atomic E-state index is 12.4. The fourth-order valence-corrected chi connectivity index (χ4v) is 3.64. The molecule has 2 heterocycles. The second-order valence-electron chi connectivity index (χ2n) is 5.31. The number of phenolic OH excluding ortho intramolecular Hbond substituents is 1. The molecule has 4 N–H and O–H groups in total.